The predicted octanol–water partition coefficient (Wildman–Crippen LogP) is 5.32. The third-order valence-electron chi connectivity index (χ3n) is 7.53. The molecule has 2 aromatic heterocycles. The summed E-state index contributed by atoms with van der Waals surface area (Å²) >= 11 is 0. The van der Waals surface area contributed by atoms with E-state index in [1.54, 1.807) is 25.6 Å². The first-order valence-corrected chi connectivity index (χ1v) is 12.8. The van der Waals surface area contributed by atoms with Gasteiger partial charge in [-0.3, -0.25) is 14.7 Å². The van der Waals surface area contributed by atoms with E-state index >= 15 is 0 Å². The number of pyridine rings is 1. The van der Waals surface area contributed by atoms with Crippen molar-refractivity contribution < 1.29 is 13.9 Å². The molecule has 6 nitrogen and oxygen atoms in total. The van der Waals surface area contributed by atoms with Gasteiger partial charge in [0.25, 0.3) is 0 Å². The van der Waals surface area contributed by atoms with Gasteiger partial charge < -0.3 is 9.14 Å². The Balaban J connectivity index is 1.16. The molecule has 1 fully saturated rings. The van der Waals surface area contributed by atoms with Crippen LogP contribution in [0.1, 0.15) is 51.9 Å². The van der Waals surface area contributed by atoms with Crippen LogP contribution in [-0.2, 0) is 13.1 Å². The molecule has 7 heteroatoms. The van der Waals surface area contributed by atoms with Crippen LogP contribution in [0.2, 0.25) is 0 Å². The van der Waals surface area contributed by atoms with Gasteiger partial charge in [-0.1, -0.05) is 18.2 Å². The van der Waals surface area contributed by atoms with E-state index in [1.807, 2.05) is 41.1 Å². The Hall–Kier alpha value is -3.84. The molecule has 0 N–H and O–H groups in total. The number of hydrogen-bond acceptors (Lipinski definition) is 5. The Kier molecular flexibility index (Phi) is 6.30. The molecule has 0 aliphatic carbocycles. The quantitative estimate of drug-likeness (QED) is 0.325. The zero-order chi connectivity index (χ0) is 25.4. The molecule has 6 rings (SSSR count). The second kappa shape index (κ2) is 9.90. The van der Waals surface area contributed by atoms with Crippen molar-refractivity contribution in [2.45, 2.75) is 32.4 Å². The Morgan fingerprint density at radius 2 is 2.11 bits per heavy atom. The summed E-state index contributed by atoms with van der Waals surface area (Å²) in [6.07, 6.45) is 8.11. The van der Waals surface area contributed by atoms with Crippen molar-refractivity contribution in [3.63, 3.8) is 0 Å². The van der Waals surface area contributed by atoms with Crippen LogP contribution in [0.25, 0.3) is 5.52 Å². The van der Waals surface area contributed by atoms with Crippen LogP contribution in [0.3, 0.4) is 0 Å². The van der Waals surface area contributed by atoms with Gasteiger partial charge in [0.05, 0.1) is 37.4 Å². The maximum Gasteiger partial charge on any atom is 0.163 e. The fourth-order valence-corrected chi connectivity index (χ4v) is 5.61. The fourth-order valence-electron chi connectivity index (χ4n) is 5.61. The summed E-state index contributed by atoms with van der Waals surface area (Å²) in [5.41, 5.74) is 6.44. The van der Waals surface area contributed by atoms with E-state index in [9.17, 15) is 9.18 Å². The van der Waals surface area contributed by atoms with E-state index in [1.165, 1.54) is 6.07 Å². The maximum atomic E-state index is 14.5. The highest BCUT2D eigenvalue weighted by Gasteiger charge is 2.26. The molecule has 0 bridgehead atoms. The number of carbonyl (C=O) groups is 1. The molecule has 2 aliphatic heterocycles. The number of benzene rings is 2. The maximum absolute atomic E-state index is 14.5. The Morgan fingerprint density at radius 1 is 1.19 bits per heavy atom. The molecule has 37 heavy (non-hydrogen) atoms. The van der Waals surface area contributed by atoms with E-state index in [4.69, 9.17) is 9.73 Å². The highest BCUT2D eigenvalue weighted by Crippen LogP contribution is 2.29. The molecule has 1 saturated heterocycles. The number of nitrogens with zero attached hydrogens (tertiary/aromatic N) is 4. The largest absolute Gasteiger partial charge is 0.496 e. The number of piperidine rings is 1. The molecule has 0 radical (unpaired) electrons. The second-order valence-corrected chi connectivity index (χ2v) is 9.97. The molecule has 4 aromatic rings. The summed E-state index contributed by atoms with van der Waals surface area (Å²) in [5, 5.41) is 0. The van der Waals surface area contributed by atoms with Gasteiger partial charge in [0, 0.05) is 48.0 Å². The highest BCUT2D eigenvalue weighted by atomic mass is 19.1. The fraction of sp³-hybridized carbons (Fsp3) is 0.300. The lowest BCUT2D eigenvalue weighted by molar-refractivity contribution is 0.0911. The summed E-state index contributed by atoms with van der Waals surface area (Å²) in [6, 6.07) is 15.0. The minimum absolute atomic E-state index is 0.148. The number of ether oxygens (including phenoxy) is 1. The zero-order valence-electron chi connectivity index (χ0n) is 20.9. The topological polar surface area (TPSA) is 59.2 Å². The molecular weight excluding hydrogens is 467 g/mol. The standard InChI is InChI=1S/C30H29FN4O2/c1-37-29-6-2-5-27(31)26(29)18-34-11-3-4-20(16-34)12-28(36)21-7-8-22-14-33-30(25(22)13-21)23-9-10-24-15-32-19-35(24)17-23/h2,5-10,13,15,17,19-20H,3-4,11-12,14,16,18H2,1H3/t20-/m0/s1. The number of rotatable bonds is 7. The summed E-state index contributed by atoms with van der Waals surface area (Å²) in [7, 11) is 1.57. The van der Waals surface area contributed by atoms with Crippen LogP contribution in [0.4, 0.5) is 4.39 Å². The van der Waals surface area contributed by atoms with Gasteiger partial charge >= 0.3 is 0 Å². The van der Waals surface area contributed by atoms with Gasteiger partial charge in [-0.05, 0) is 61.2 Å². The van der Waals surface area contributed by atoms with Crippen LogP contribution < -0.4 is 4.74 Å². The smallest absolute Gasteiger partial charge is 0.163 e. The van der Waals surface area contributed by atoms with E-state index in [-0.39, 0.29) is 17.5 Å². The number of aromatic nitrogens is 2. The van der Waals surface area contributed by atoms with Crippen molar-refractivity contribution in [2.75, 3.05) is 20.2 Å². The molecule has 0 saturated carbocycles. The number of halogens is 1. The van der Waals surface area contributed by atoms with E-state index < -0.39 is 0 Å². The van der Waals surface area contributed by atoms with Gasteiger partial charge in [0.2, 0.25) is 0 Å². The Morgan fingerprint density at radius 3 is 3.00 bits per heavy atom. The lowest BCUT2D eigenvalue weighted by Gasteiger charge is -2.33. The van der Waals surface area contributed by atoms with Crippen molar-refractivity contribution in [1.29, 1.82) is 0 Å². The Labute approximate surface area is 215 Å². The lowest BCUT2D eigenvalue weighted by Crippen LogP contribution is -2.36. The van der Waals surface area contributed by atoms with Gasteiger partial charge in [-0.25, -0.2) is 9.37 Å². The van der Waals surface area contributed by atoms with E-state index in [0.717, 1.165) is 59.4 Å². The molecular formula is C30H29FN4O2. The van der Waals surface area contributed by atoms with Gasteiger partial charge in [-0.15, -0.1) is 0 Å². The first-order valence-electron chi connectivity index (χ1n) is 12.8. The average molecular weight is 497 g/mol. The molecule has 1 atom stereocenters. The molecule has 0 unspecified atom stereocenters. The molecule has 0 amide bonds. The van der Waals surface area contributed by atoms with Crippen LogP contribution in [0.15, 0.2) is 72.2 Å². The number of carbonyl (C=O) groups excluding carboxylic acids is 1. The molecule has 0 spiro atoms. The molecule has 4 heterocycles. The van der Waals surface area contributed by atoms with Crippen LogP contribution in [0.5, 0.6) is 5.75 Å². The minimum Gasteiger partial charge on any atom is -0.496 e. The first kappa shape index (κ1) is 23.6. The summed E-state index contributed by atoms with van der Waals surface area (Å²) < 4.78 is 21.8. The average Bonchev–Trinajstić information content (AvgIpc) is 3.56. The first-order chi connectivity index (χ1) is 18.1. The van der Waals surface area contributed by atoms with Crippen LogP contribution in [0, 0.1) is 11.7 Å². The summed E-state index contributed by atoms with van der Waals surface area (Å²) in [5.74, 6) is 0.708. The SMILES string of the molecule is COc1cccc(F)c1CN1CCC[C@@H](CC(=O)c2ccc3c(c2)C(c2ccc4cncn4c2)=NC3)C1. The zero-order valence-corrected chi connectivity index (χ0v) is 20.9. The number of Topliss-reactive ketones (excluding diaryl/α,β-unsaturated/α-hetero) is 1. The minimum atomic E-state index is -0.250. The predicted molar refractivity (Wildman–Crippen MR) is 141 cm³/mol. The lowest BCUT2D eigenvalue weighted by atomic mass is 9.89. The van der Waals surface area contributed by atoms with Crippen molar-refractivity contribution >= 4 is 17.0 Å². The summed E-state index contributed by atoms with van der Waals surface area (Å²) in [6.45, 7) is 2.77. The molecule has 188 valence electrons. The van der Waals surface area contributed by atoms with Gasteiger partial charge in [0.15, 0.2) is 5.78 Å². The third-order valence-corrected chi connectivity index (χ3v) is 7.53. The highest BCUT2D eigenvalue weighted by molar-refractivity contribution is 6.16. The third kappa shape index (κ3) is 4.67. The van der Waals surface area contributed by atoms with Crippen molar-refractivity contribution in [2.24, 2.45) is 10.9 Å². The van der Waals surface area contributed by atoms with Crippen molar-refractivity contribution in [1.82, 2.24) is 14.3 Å². The number of aliphatic imine (C=N–C) groups is 1. The van der Waals surface area contributed by atoms with Crippen molar-refractivity contribution in [3.05, 3.63) is 101 Å². The molecule has 2 aromatic carbocycles. The van der Waals surface area contributed by atoms with E-state index in [0.29, 0.717) is 30.8 Å². The second-order valence-electron chi connectivity index (χ2n) is 9.97. The monoisotopic (exact) mass is 496 g/mol. The number of hydrogen-bond donors (Lipinski definition) is 0. The van der Waals surface area contributed by atoms with Crippen LogP contribution in [-0.4, -0.2) is 46.0 Å². The molecule has 2 aliphatic rings. The van der Waals surface area contributed by atoms with Gasteiger partial charge in [-0.2, -0.15) is 0 Å². The number of ketones is 1. The van der Waals surface area contributed by atoms with Crippen molar-refractivity contribution in [3.8, 4) is 5.75 Å². The Bertz CT molecular complexity index is 1510. The number of imidazole rings is 1. The number of methoxy groups -OCH3 is 1. The van der Waals surface area contributed by atoms with Crippen LogP contribution >= 0.6 is 0 Å². The number of likely N-dealkylation sites (tertiary alicyclic amines) is 1. The normalized spacial score (nSPS) is 17.6. The van der Waals surface area contributed by atoms with Gasteiger partial charge in [0.1, 0.15) is 11.6 Å². The van der Waals surface area contributed by atoms with E-state index in [2.05, 4.69) is 16.0 Å². The number of fused-ring (bicyclic) bond motifs is 2. The summed E-state index contributed by atoms with van der Waals surface area (Å²) in [4.78, 5) is 24.6.